The Balaban J connectivity index is 1.55. The summed E-state index contributed by atoms with van der Waals surface area (Å²) in [5.74, 6) is 0.434. The van der Waals surface area contributed by atoms with Crippen LogP contribution in [0.1, 0.15) is 29.0 Å². The summed E-state index contributed by atoms with van der Waals surface area (Å²) in [6, 6.07) is 3.52. The number of hydrogen-bond donors (Lipinski definition) is 0. The molecule has 0 unspecified atom stereocenters. The fourth-order valence-corrected chi connectivity index (χ4v) is 3.20. The lowest BCUT2D eigenvalue weighted by molar-refractivity contribution is -0.181. The van der Waals surface area contributed by atoms with Gasteiger partial charge in [0.05, 0.1) is 19.5 Å². The van der Waals surface area contributed by atoms with Gasteiger partial charge < -0.3 is 23.3 Å². The minimum absolute atomic E-state index is 0.0944. The molecule has 0 aromatic carbocycles. The quantitative estimate of drug-likeness (QED) is 0.845. The third-order valence-electron chi connectivity index (χ3n) is 4.46. The number of carbonyl (C=O) groups is 1. The van der Waals surface area contributed by atoms with Gasteiger partial charge >= 0.3 is 0 Å². The van der Waals surface area contributed by atoms with Crippen LogP contribution in [0.3, 0.4) is 0 Å². The summed E-state index contributed by atoms with van der Waals surface area (Å²) in [5, 5.41) is 3.98. The van der Waals surface area contributed by atoms with Crippen molar-refractivity contribution in [1.82, 2.24) is 10.1 Å². The van der Waals surface area contributed by atoms with Crippen molar-refractivity contribution < 1.29 is 23.2 Å². The number of likely N-dealkylation sites (tertiary alicyclic amines) is 1. The van der Waals surface area contributed by atoms with Gasteiger partial charge in [0.15, 0.2) is 17.2 Å². The molecule has 2 aliphatic rings. The van der Waals surface area contributed by atoms with E-state index in [0.29, 0.717) is 61.9 Å². The zero-order valence-electron chi connectivity index (χ0n) is 12.9. The molecule has 7 nitrogen and oxygen atoms in total. The molecule has 0 aliphatic carbocycles. The second-order valence-electron chi connectivity index (χ2n) is 5.84. The van der Waals surface area contributed by atoms with Crippen LogP contribution in [0.5, 0.6) is 0 Å². The Morgan fingerprint density at radius 1 is 1.26 bits per heavy atom. The first kappa shape index (κ1) is 14.5. The lowest BCUT2D eigenvalue weighted by Gasteiger charge is -2.37. The zero-order valence-corrected chi connectivity index (χ0v) is 12.9. The normalized spacial score (nSPS) is 20.3. The highest BCUT2D eigenvalue weighted by molar-refractivity contribution is 6.00. The van der Waals surface area contributed by atoms with Crippen molar-refractivity contribution in [1.29, 1.82) is 0 Å². The zero-order chi connectivity index (χ0) is 15.9. The fourth-order valence-electron chi connectivity index (χ4n) is 3.20. The van der Waals surface area contributed by atoms with Gasteiger partial charge in [-0.1, -0.05) is 5.16 Å². The second kappa shape index (κ2) is 5.50. The van der Waals surface area contributed by atoms with Crippen LogP contribution in [-0.4, -0.2) is 48.1 Å². The Hall–Kier alpha value is -2.12. The molecule has 122 valence electrons. The number of carbonyl (C=O) groups excluding carboxylic acids is 1. The van der Waals surface area contributed by atoms with Gasteiger partial charge in [0.25, 0.3) is 5.91 Å². The molecule has 1 amide bonds. The number of furan rings is 1. The number of rotatable bonds is 2. The summed E-state index contributed by atoms with van der Waals surface area (Å²) in [6.45, 7) is 4.16. The first-order chi connectivity index (χ1) is 11.2. The van der Waals surface area contributed by atoms with E-state index in [1.165, 1.54) is 0 Å². The topological polar surface area (TPSA) is 77.9 Å². The summed E-state index contributed by atoms with van der Waals surface area (Å²) in [7, 11) is 0. The molecule has 1 spiro atoms. The smallest absolute Gasteiger partial charge is 0.259 e. The molecule has 23 heavy (non-hydrogen) atoms. The molecule has 2 aliphatic heterocycles. The van der Waals surface area contributed by atoms with Crippen molar-refractivity contribution in [2.45, 2.75) is 25.6 Å². The third-order valence-corrected chi connectivity index (χ3v) is 4.46. The van der Waals surface area contributed by atoms with Crippen molar-refractivity contribution in [2.75, 3.05) is 26.3 Å². The van der Waals surface area contributed by atoms with Crippen LogP contribution in [0.25, 0.3) is 11.5 Å². The van der Waals surface area contributed by atoms with Crippen LogP contribution in [0.15, 0.2) is 27.3 Å². The Labute approximate surface area is 133 Å². The minimum atomic E-state index is -0.496. The lowest BCUT2D eigenvalue weighted by Crippen LogP contribution is -2.47. The predicted molar refractivity (Wildman–Crippen MR) is 78.7 cm³/mol. The number of ether oxygens (including phenoxy) is 2. The molecule has 0 bridgehead atoms. The summed E-state index contributed by atoms with van der Waals surface area (Å²) < 4.78 is 22.0. The minimum Gasteiger partial charge on any atom is -0.463 e. The molecular weight excluding hydrogens is 300 g/mol. The molecule has 2 saturated heterocycles. The maximum absolute atomic E-state index is 12.9. The number of aromatic nitrogens is 1. The maximum Gasteiger partial charge on any atom is 0.259 e. The SMILES string of the molecule is Cc1onc(-c2ccco2)c1C(=O)N1CCC2(CC1)OCCO2. The van der Waals surface area contributed by atoms with E-state index in [9.17, 15) is 4.79 Å². The number of nitrogens with zero attached hydrogens (tertiary/aromatic N) is 2. The molecular formula is C16H18N2O5. The van der Waals surface area contributed by atoms with E-state index in [1.807, 2.05) is 0 Å². The highest BCUT2D eigenvalue weighted by Gasteiger charge is 2.41. The van der Waals surface area contributed by atoms with Crippen LogP contribution < -0.4 is 0 Å². The highest BCUT2D eigenvalue weighted by Crippen LogP contribution is 2.33. The van der Waals surface area contributed by atoms with Crippen molar-refractivity contribution in [2.24, 2.45) is 0 Å². The molecule has 7 heteroatoms. The van der Waals surface area contributed by atoms with Crippen molar-refractivity contribution in [3.8, 4) is 11.5 Å². The first-order valence-corrected chi connectivity index (χ1v) is 7.76. The standard InChI is InChI=1S/C16H18N2O5/c1-11-13(14(17-23-11)12-3-2-8-20-12)15(19)18-6-4-16(5-7-18)21-9-10-22-16/h2-3,8H,4-7,9-10H2,1H3. The summed E-state index contributed by atoms with van der Waals surface area (Å²) >= 11 is 0. The van der Waals surface area contributed by atoms with E-state index in [4.69, 9.17) is 18.4 Å². The van der Waals surface area contributed by atoms with E-state index in [2.05, 4.69) is 5.16 Å². The molecule has 0 N–H and O–H groups in total. The average molecular weight is 318 g/mol. The summed E-state index contributed by atoms with van der Waals surface area (Å²) in [6.07, 6.45) is 2.91. The Kier molecular flexibility index (Phi) is 3.46. The molecule has 2 fully saturated rings. The molecule has 0 atom stereocenters. The second-order valence-corrected chi connectivity index (χ2v) is 5.84. The van der Waals surface area contributed by atoms with Crippen molar-refractivity contribution in [3.63, 3.8) is 0 Å². The number of piperidine rings is 1. The van der Waals surface area contributed by atoms with Gasteiger partial charge in [-0.3, -0.25) is 4.79 Å². The monoisotopic (exact) mass is 318 g/mol. The first-order valence-electron chi connectivity index (χ1n) is 7.76. The van der Waals surface area contributed by atoms with Gasteiger partial charge in [-0.15, -0.1) is 0 Å². The summed E-state index contributed by atoms with van der Waals surface area (Å²) in [4.78, 5) is 14.7. The molecule has 2 aromatic rings. The van der Waals surface area contributed by atoms with E-state index >= 15 is 0 Å². The third kappa shape index (κ3) is 2.46. The van der Waals surface area contributed by atoms with E-state index in [-0.39, 0.29) is 5.91 Å². The Morgan fingerprint density at radius 3 is 2.65 bits per heavy atom. The van der Waals surface area contributed by atoms with Crippen LogP contribution >= 0.6 is 0 Å². The number of aryl methyl sites for hydroxylation is 1. The molecule has 4 heterocycles. The lowest BCUT2D eigenvalue weighted by atomic mass is 10.0. The molecule has 2 aromatic heterocycles. The van der Waals surface area contributed by atoms with Gasteiger partial charge in [0.1, 0.15) is 11.3 Å². The maximum atomic E-state index is 12.9. The molecule has 0 radical (unpaired) electrons. The Bertz CT molecular complexity index is 690. The van der Waals surface area contributed by atoms with Crippen LogP contribution in [0, 0.1) is 6.92 Å². The van der Waals surface area contributed by atoms with E-state index < -0.39 is 5.79 Å². The number of hydrogen-bond acceptors (Lipinski definition) is 6. The van der Waals surface area contributed by atoms with Crippen molar-refractivity contribution >= 4 is 5.91 Å². The van der Waals surface area contributed by atoms with Gasteiger partial charge in [-0.25, -0.2) is 0 Å². The average Bonchev–Trinajstić information content (AvgIpc) is 3.28. The van der Waals surface area contributed by atoms with Gasteiger partial charge in [0, 0.05) is 25.9 Å². The molecule has 0 saturated carbocycles. The van der Waals surface area contributed by atoms with E-state index in [1.54, 1.807) is 30.2 Å². The van der Waals surface area contributed by atoms with Crippen LogP contribution in [-0.2, 0) is 9.47 Å². The van der Waals surface area contributed by atoms with Gasteiger partial charge in [-0.2, -0.15) is 0 Å². The predicted octanol–water partition coefficient (Wildman–Crippen LogP) is 2.22. The van der Waals surface area contributed by atoms with E-state index in [0.717, 1.165) is 0 Å². The van der Waals surface area contributed by atoms with Crippen molar-refractivity contribution in [3.05, 3.63) is 29.7 Å². The highest BCUT2D eigenvalue weighted by atomic mass is 16.7. The molecule has 4 rings (SSSR count). The summed E-state index contributed by atoms with van der Waals surface area (Å²) in [5.41, 5.74) is 0.912. The largest absolute Gasteiger partial charge is 0.463 e. The fraction of sp³-hybridized carbons (Fsp3) is 0.500. The Morgan fingerprint density at radius 2 is 2.00 bits per heavy atom. The number of amides is 1. The van der Waals surface area contributed by atoms with Gasteiger partial charge in [0.2, 0.25) is 0 Å². The van der Waals surface area contributed by atoms with Gasteiger partial charge in [-0.05, 0) is 19.1 Å². The van der Waals surface area contributed by atoms with Crippen LogP contribution in [0.4, 0.5) is 0 Å². The van der Waals surface area contributed by atoms with Crippen LogP contribution in [0.2, 0.25) is 0 Å².